The van der Waals surface area contributed by atoms with Gasteiger partial charge in [-0.1, -0.05) is 23.7 Å². The zero-order valence-electron chi connectivity index (χ0n) is 17.2. The van der Waals surface area contributed by atoms with Gasteiger partial charge in [-0.25, -0.2) is 4.68 Å². The predicted octanol–water partition coefficient (Wildman–Crippen LogP) is 3.40. The Morgan fingerprint density at radius 1 is 1.27 bits per heavy atom. The van der Waals surface area contributed by atoms with Crippen LogP contribution in [0.4, 0.5) is 0 Å². The van der Waals surface area contributed by atoms with Gasteiger partial charge in [-0.05, 0) is 49.7 Å². The van der Waals surface area contributed by atoms with Crippen molar-refractivity contribution in [1.29, 1.82) is 5.26 Å². The number of carbonyl (C=O) groups excluding carboxylic acids is 1. The maximum Gasteiger partial charge on any atom is 0.253 e. The van der Waals surface area contributed by atoms with Crippen molar-refractivity contribution in [1.82, 2.24) is 14.7 Å². The van der Waals surface area contributed by atoms with Crippen molar-refractivity contribution in [2.24, 2.45) is 0 Å². The highest BCUT2D eigenvalue weighted by Crippen LogP contribution is 2.24. The zero-order valence-corrected chi connectivity index (χ0v) is 18.0. The minimum absolute atomic E-state index is 0.0829. The van der Waals surface area contributed by atoms with Crippen LogP contribution in [0.5, 0.6) is 0 Å². The van der Waals surface area contributed by atoms with E-state index >= 15 is 0 Å². The second-order valence-corrected chi connectivity index (χ2v) is 7.60. The Hall–Kier alpha value is -3.14. The number of nitriles is 1. The SMILES string of the molecule is Cc1nn(-c2ccc(C#N)c(Cl)c2)c(C)c1Cc1cccc(C(=O)N(C)CC[OH2+])c1. The highest BCUT2D eigenvalue weighted by atomic mass is 35.5. The molecule has 6 nitrogen and oxygen atoms in total. The Morgan fingerprint density at radius 2 is 2.03 bits per heavy atom. The lowest BCUT2D eigenvalue weighted by Gasteiger charge is -2.15. The number of amides is 1. The molecular weight excluding hydrogens is 400 g/mol. The standard InChI is InChI=1S/C23H23ClN4O2/c1-15-21(12-17-5-4-6-18(11-17)23(30)27(3)9-10-29)16(2)28(26-15)20-8-7-19(14-25)22(24)13-20/h4-8,11,13,29H,9-10,12H2,1-3H3/p+1. The first-order chi connectivity index (χ1) is 14.3. The molecule has 0 radical (unpaired) electrons. The lowest BCUT2D eigenvalue weighted by atomic mass is 10.0. The van der Waals surface area contributed by atoms with Gasteiger partial charge < -0.3 is 10.0 Å². The minimum Gasteiger partial charge on any atom is -0.444 e. The van der Waals surface area contributed by atoms with E-state index in [0.29, 0.717) is 29.1 Å². The van der Waals surface area contributed by atoms with Crippen LogP contribution in [0.25, 0.3) is 5.69 Å². The van der Waals surface area contributed by atoms with Crippen LogP contribution in [0, 0.1) is 25.2 Å². The molecule has 0 saturated heterocycles. The summed E-state index contributed by atoms with van der Waals surface area (Å²) in [7, 11) is 1.71. The van der Waals surface area contributed by atoms with Gasteiger partial charge in [0.25, 0.3) is 5.91 Å². The molecule has 0 unspecified atom stereocenters. The first-order valence-corrected chi connectivity index (χ1v) is 9.97. The van der Waals surface area contributed by atoms with E-state index in [2.05, 4.69) is 11.2 Å². The van der Waals surface area contributed by atoms with Gasteiger partial charge in [0, 0.05) is 30.3 Å². The average Bonchev–Trinajstić information content (AvgIpc) is 3.01. The molecule has 1 amide bonds. The van der Waals surface area contributed by atoms with E-state index in [0.717, 1.165) is 28.2 Å². The van der Waals surface area contributed by atoms with E-state index in [4.69, 9.17) is 22.0 Å². The van der Waals surface area contributed by atoms with E-state index in [1.54, 1.807) is 30.1 Å². The van der Waals surface area contributed by atoms with Gasteiger partial charge in [-0.2, -0.15) is 10.4 Å². The third-order valence-corrected chi connectivity index (χ3v) is 5.42. The predicted molar refractivity (Wildman–Crippen MR) is 117 cm³/mol. The van der Waals surface area contributed by atoms with Crippen molar-refractivity contribution < 1.29 is 9.90 Å². The lowest BCUT2D eigenvalue weighted by molar-refractivity contribution is 0.0767. The van der Waals surface area contributed by atoms with Gasteiger partial charge in [0.1, 0.15) is 6.07 Å². The van der Waals surface area contributed by atoms with Crippen LogP contribution in [0.2, 0.25) is 5.02 Å². The average molecular weight is 424 g/mol. The normalized spacial score (nSPS) is 10.7. The second-order valence-electron chi connectivity index (χ2n) is 7.19. The highest BCUT2D eigenvalue weighted by Gasteiger charge is 2.16. The van der Waals surface area contributed by atoms with E-state index in [1.807, 2.05) is 42.8 Å². The molecule has 0 bridgehead atoms. The molecule has 0 saturated carbocycles. The molecule has 30 heavy (non-hydrogen) atoms. The molecule has 2 N–H and O–H groups in total. The fourth-order valence-electron chi connectivity index (χ4n) is 3.42. The molecule has 3 aromatic rings. The lowest BCUT2D eigenvalue weighted by Crippen LogP contribution is -2.29. The van der Waals surface area contributed by atoms with E-state index in [9.17, 15) is 4.79 Å². The Balaban J connectivity index is 1.90. The fourth-order valence-corrected chi connectivity index (χ4v) is 3.63. The summed E-state index contributed by atoms with van der Waals surface area (Å²) in [6, 6.07) is 14.9. The molecule has 0 aliphatic heterocycles. The van der Waals surface area contributed by atoms with Crippen LogP contribution in [0.1, 0.15) is 38.4 Å². The molecule has 0 aliphatic rings. The molecule has 2 aromatic carbocycles. The van der Waals surface area contributed by atoms with Crippen LogP contribution in [0.15, 0.2) is 42.5 Å². The third kappa shape index (κ3) is 4.38. The third-order valence-electron chi connectivity index (χ3n) is 5.11. The number of benzene rings is 2. The number of carbonyl (C=O) groups is 1. The van der Waals surface area contributed by atoms with Gasteiger partial charge >= 0.3 is 0 Å². The van der Waals surface area contributed by atoms with Crippen LogP contribution >= 0.6 is 11.6 Å². The van der Waals surface area contributed by atoms with Crippen LogP contribution in [-0.4, -0.2) is 45.9 Å². The van der Waals surface area contributed by atoms with Crippen molar-refractivity contribution in [2.75, 3.05) is 20.2 Å². The summed E-state index contributed by atoms with van der Waals surface area (Å²) in [6.45, 7) is 4.54. The molecule has 0 atom stereocenters. The summed E-state index contributed by atoms with van der Waals surface area (Å²) in [5.74, 6) is -0.0829. The first-order valence-electron chi connectivity index (χ1n) is 9.59. The number of aromatic nitrogens is 2. The number of hydrogen-bond donors (Lipinski definition) is 0. The molecule has 3 rings (SSSR count). The van der Waals surface area contributed by atoms with Crippen LogP contribution < -0.4 is 0 Å². The fraction of sp³-hybridized carbons (Fsp3) is 0.261. The molecular formula is C23H24ClN4O2+. The summed E-state index contributed by atoms with van der Waals surface area (Å²) < 4.78 is 1.83. The van der Waals surface area contributed by atoms with E-state index in [1.165, 1.54) is 0 Å². The van der Waals surface area contributed by atoms with Crippen molar-refractivity contribution >= 4 is 17.5 Å². The van der Waals surface area contributed by atoms with Gasteiger partial charge in [0.2, 0.25) is 0 Å². The van der Waals surface area contributed by atoms with E-state index < -0.39 is 0 Å². The second kappa shape index (κ2) is 9.12. The number of likely N-dealkylation sites (N-methyl/N-ethyl adjacent to an activating group) is 1. The molecule has 1 aromatic heterocycles. The summed E-state index contributed by atoms with van der Waals surface area (Å²) in [6.07, 6.45) is 0.644. The van der Waals surface area contributed by atoms with Gasteiger partial charge in [0.05, 0.1) is 28.5 Å². The molecule has 0 fully saturated rings. The summed E-state index contributed by atoms with van der Waals surface area (Å²) in [5, 5.41) is 21.4. The van der Waals surface area contributed by atoms with Crippen molar-refractivity contribution in [3.8, 4) is 11.8 Å². The summed E-state index contributed by atoms with van der Waals surface area (Å²) in [4.78, 5) is 14.1. The molecule has 7 heteroatoms. The Morgan fingerprint density at radius 3 is 2.70 bits per heavy atom. The van der Waals surface area contributed by atoms with Crippen LogP contribution in [-0.2, 0) is 6.42 Å². The number of hydrogen-bond acceptors (Lipinski definition) is 3. The molecule has 0 spiro atoms. The quantitative estimate of drug-likeness (QED) is 0.569. The molecule has 154 valence electrons. The van der Waals surface area contributed by atoms with Crippen molar-refractivity contribution in [3.05, 3.63) is 81.1 Å². The number of aryl methyl sites for hydroxylation is 1. The van der Waals surface area contributed by atoms with E-state index in [-0.39, 0.29) is 12.5 Å². The van der Waals surface area contributed by atoms with Crippen LogP contribution in [0.3, 0.4) is 0 Å². The first kappa shape index (κ1) is 21.6. The van der Waals surface area contributed by atoms with Gasteiger partial charge in [-0.15, -0.1) is 0 Å². The number of rotatable bonds is 6. The van der Waals surface area contributed by atoms with Crippen molar-refractivity contribution in [2.45, 2.75) is 20.3 Å². The zero-order chi connectivity index (χ0) is 21.8. The maximum absolute atomic E-state index is 12.5. The molecule has 0 aliphatic carbocycles. The largest absolute Gasteiger partial charge is 0.444 e. The molecule has 1 heterocycles. The Kier molecular flexibility index (Phi) is 6.56. The maximum atomic E-state index is 12.5. The van der Waals surface area contributed by atoms with Gasteiger partial charge in [0.15, 0.2) is 6.61 Å². The smallest absolute Gasteiger partial charge is 0.253 e. The minimum atomic E-state index is -0.0829. The monoisotopic (exact) mass is 423 g/mol. The van der Waals surface area contributed by atoms with Gasteiger partial charge in [-0.3, -0.25) is 4.79 Å². The number of halogens is 1. The summed E-state index contributed by atoms with van der Waals surface area (Å²) >= 11 is 6.19. The Labute approximate surface area is 180 Å². The Bertz CT molecular complexity index is 1130. The topological polar surface area (TPSA) is 84.8 Å². The van der Waals surface area contributed by atoms with Crippen molar-refractivity contribution in [3.63, 3.8) is 0 Å². The highest BCUT2D eigenvalue weighted by molar-refractivity contribution is 6.31. The summed E-state index contributed by atoms with van der Waals surface area (Å²) in [5.41, 5.74) is 5.83. The number of nitrogens with zero attached hydrogens (tertiary/aromatic N) is 4.